The number of fused-ring (bicyclic) bond motifs is 3. The Labute approximate surface area is 115 Å². The number of aromatic nitrogens is 2. The van der Waals surface area contributed by atoms with E-state index in [4.69, 9.17) is 4.42 Å². The van der Waals surface area contributed by atoms with Crippen molar-refractivity contribution in [2.75, 3.05) is 18.0 Å². The number of anilines is 1. The number of para-hydroxylation sites is 1. The Morgan fingerprint density at radius 1 is 1.30 bits per heavy atom. The molecule has 3 aromatic rings. The Hall–Kier alpha value is -2.14. The summed E-state index contributed by atoms with van der Waals surface area (Å²) in [4.78, 5) is 10.7. The zero-order valence-electron chi connectivity index (χ0n) is 11.2. The van der Waals surface area contributed by atoms with Gasteiger partial charge < -0.3 is 14.4 Å². The molecular formula is C15H15N3O2. The number of rotatable bonds is 2. The van der Waals surface area contributed by atoms with Gasteiger partial charge in [-0.05, 0) is 18.6 Å². The molecule has 2 aromatic heterocycles. The normalized spacial score (nSPS) is 17.6. The first-order valence-electron chi connectivity index (χ1n) is 6.80. The van der Waals surface area contributed by atoms with Gasteiger partial charge in [0.15, 0.2) is 11.4 Å². The summed E-state index contributed by atoms with van der Waals surface area (Å²) in [7, 11) is 0. The molecular weight excluding hydrogens is 254 g/mol. The van der Waals surface area contributed by atoms with Gasteiger partial charge in [-0.3, -0.25) is 0 Å². The van der Waals surface area contributed by atoms with Crippen molar-refractivity contribution in [3.05, 3.63) is 30.6 Å². The third-order valence-electron chi connectivity index (χ3n) is 4.07. The lowest BCUT2D eigenvalue weighted by Gasteiger charge is -2.46. The highest BCUT2D eigenvalue weighted by Crippen LogP contribution is 2.36. The SMILES string of the molecule is CCC1(O)CN(c2ncnc3c2oc2ccccc23)C1. The summed E-state index contributed by atoms with van der Waals surface area (Å²) in [6.45, 7) is 3.17. The van der Waals surface area contributed by atoms with Crippen molar-refractivity contribution < 1.29 is 9.52 Å². The lowest BCUT2D eigenvalue weighted by molar-refractivity contribution is 0.00814. The highest BCUT2D eigenvalue weighted by Gasteiger charge is 2.41. The van der Waals surface area contributed by atoms with Crippen LogP contribution in [0.15, 0.2) is 35.0 Å². The average molecular weight is 269 g/mol. The van der Waals surface area contributed by atoms with E-state index in [1.165, 1.54) is 0 Å². The fourth-order valence-corrected chi connectivity index (χ4v) is 2.77. The van der Waals surface area contributed by atoms with Crippen LogP contribution in [0.3, 0.4) is 0 Å². The van der Waals surface area contributed by atoms with Crippen LogP contribution in [-0.2, 0) is 0 Å². The van der Waals surface area contributed by atoms with Gasteiger partial charge in [-0.15, -0.1) is 0 Å². The molecule has 5 heteroatoms. The Kier molecular flexibility index (Phi) is 2.29. The highest BCUT2D eigenvalue weighted by atomic mass is 16.3. The van der Waals surface area contributed by atoms with Crippen LogP contribution in [0.2, 0.25) is 0 Å². The molecule has 1 aromatic carbocycles. The Morgan fingerprint density at radius 3 is 2.90 bits per heavy atom. The monoisotopic (exact) mass is 269 g/mol. The minimum atomic E-state index is -0.594. The number of nitrogens with zero attached hydrogens (tertiary/aromatic N) is 3. The van der Waals surface area contributed by atoms with E-state index >= 15 is 0 Å². The summed E-state index contributed by atoms with van der Waals surface area (Å²) < 4.78 is 5.89. The molecule has 0 atom stereocenters. The predicted octanol–water partition coefficient (Wildman–Crippen LogP) is 2.34. The van der Waals surface area contributed by atoms with E-state index in [1.807, 2.05) is 36.1 Å². The number of hydrogen-bond acceptors (Lipinski definition) is 5. The molecule has 4 rings (SSSR count). The minimum absolute atomic E-state index is 0.590. The Bertz CT molecular complexity index is 790. The first-order chi connectivity index (χ1) is 9.70. The van der Waals surface area contributed by atoms with Gasteiger partial charge in [0.05, 0.1) is 18.7 Å². The maximum absolute atomic E-state index is 10.1. The fraction of sp³-hybridized carbons (Fsp3) is 0.333. The van der Waals surface area contributed by atoms with Crippen LogP contribution < -0.4 is 4.90 Å². The molecule has 5 nitrogen and oxygen atoms in total. The van der Waals surface area contributed by atoms with Gasteiger partial charge in [0, 0.05) is 5.39 Å². The van der Waals surface area contributed by atoms with Crippen molar-refractivity contribution in [2.24, 2.45) is 0 Å². The van der Waals surface area contributed by atoms with E-state index < -0.39 is 5.60 Å². The number of aliphatic hydroxyl groups is 1. The van der Waals surface area contributed by atoms with E-state index in [2.05, 4.69) is 9.97 Å². The zero-order valence-corrected chi connectivity index (χ0v) is 11.2. The molecule has 0 radical (unpaired) electrons. The lowest BCUT2D eigenvalue weighted by Crippen LogP contribution is -2.61. The quantitative estimate of drug-likeness (QED) is 0.773. The summed E-state index contributed by atoms with van der Waals surface area (Å²) in [5.74, 6) is 0.768. The molecule has 1 N–H and O–H groups in total. The summed E-state index contributed by atoms with van der Waals surface area (Å²) >= 11 is 0. The van der Waals surface area contributed by atoms with Crippen LogP contribution in [0.25, 0.3) is 22.1 Å². The van der Waals surface area contributed by atoms with Gasteiger partial charge in [-0.2, -0.15) is 0 Å². The summed E-state index contributed by atoms with van der Waals surface area (Å²) in [6, 6.07) is 7.84. The Balaban J connectivity index is 1.85. The maximum atomic E-state index is 10.1. The van der Waals surface area contributed by atoms with Crippen molar-refractivity contribution in [1.29, 1.82) is 0 Å². The lowest BCUT2D eigenvalue weighted by atomic mass is 9.91. The minimum Gasteiger partial charge on any atom is -0.450 e. The number of benzene rings is 1. The van der Waals surface area contributed by atoms with E-state index in [9.17, 15) is 5.11 Å². The van der Waals surface area contributed by atoms with Gasteiger partial charge in [0.25, 0.3) is 0 Å². The van der Waals surface area contributed by atoms with Crippen molar-refractivity contribution in [3.8, 4) is 0 Å². The van der Waals surface area contributed by atoms with E-state index in [0.717, 1.165) is 28.7 Å². The first-order valence-corrected chi connectivity index (χ1v) is 6.80. The maximum Gasteiger partial charge on any atom is 0.196 e. The fourth-order valence-electron chi connectivity index (χ4n) is 2.77. The van der Waals surface area contributed by atoms with Crippen molar-refractivity contribution >= 4 is 27.9 Å². The molecule has 20 heavy (non-hydrogen) atoms. The van der Waals surface area contributed by atoms with Crippen LogP contribution >= 0.6 is 0 Å². The van der Waals surface area contributed by atoms with E-state index in [1.54, 1.807) is 6.33 Å². The summed E-state index contributed by atoms with van der Waals surface area (Å²) in [6.07, 6.45) is 2.31. The van der Waals surface area contributed by atoms with Crippen LogP contribution in [0, 0.1) is 0 Å². The Morgan fingerprint density at radius 2 is 2.10 bits per heavy atom. The molecule has 1 fully saturated rings. The van der Waals surface area contributed by atoms with Crippen molar-refractivity contribution in [3.63, 3.8) is 0 Å². The number of β-amino-alcohol motifs (C(OH)–C–C–N with tert-alkyl or cyclic N) is 1. The predicted molar refractivity (Wildman–Crippen MR) is 76.8 cm³/mol. The van der Waals surface area contributed by atoms with Crippen LogP contribution in [0.4, 0.5) is 5.82 Å². The second-order valence-electron chi connectivity index (χ2n) is 5.41. The zero-order chi connectivity index (χ0) is 13.7. The molecule has 0 aliphatic carbocycles. The van der Waals surface area contributed by atoms with Crippen LogP contribution in [-0.4, -0.2) is 33.8 Å². The molecule has 0 amide bonds. The molecule has 0 saturated carbocycles. The number of furan rings is 1. The second kappa shape index (κ2) is 3.93. The number of hydrogen-bond donors (Lipinski definition) is 1. The van der Waals surface area contributed by atoms with Crippen molar-refractivity contribution in [1.82, 2.24) is 9.97 Å². The average Bonchev–Trinajstić information content (AvgIpc) is 2.82. The molecule has 1 aliphatic rings. The van der Waals surface area contributed by atoms with Gasteiger partial charge in [0.2, 0.25) is 0 Å². The largest absolute Gasteiger partial charge is 0.450 e. The topological polar surface area (TPSA) is 62.4 Å². The van der Waals surface area contributed by atoms with Gasteiger partial charge >= 0.3 is 0 Å². The summed E-state index contributed by atoms with van der Waals surface area (Å²) in [5.41, 5.74) is 1.75. The highest BCUT2D eigenvalue weighted by molar-refractivity contribution is 6.05. The van der Waals surface area contributed by atoms with Gasteiger partial charge in [-0.1, -0.05) is 19.1 Å². The third-order valence-corrected chi connectivity index (χ3v) is 4.07. The van der Waals surface area contributed by atoms with Crippen molar-refractivity contribution in [2.45, 2.75) is 18.9 Å². The summed E-state index contributed by atoms with van der Waals surface area (Å²) in [5, 5.41) is 11.1. The van der Waals surface area contributed by atoms with Crippen LogP contribution in [0.1, 0.15) is 13.3 Å². The molecule has 102 valence electrons. The van der Waals surface area contributed by atoms with Crippen LogP contribution in [0.5, 0.6) is 0 Å². The van der Waals surface area contributed by atoms with Gasteiger partial charge in [0.1, 0.15) is 17.4 Å². The third kappa shape index (κ3) is 1.53. The molecule has 0 bridgehead atoms. The first kappa shape index (κ1) is 11.7. The molecule has 0 unspecified atom stereocenters. The molecule has 0 spiro atoms. The standard InChI is InChI=1S/C15H15N3O2/c1-2-15(19)7-18(8-15)14-13-12(16-9-17-14)10-5-3-4-6-11(10)20-13/h3-6,9,19H,2,7-8H2,1H3. The van der Waals surface area contributed by atoms with E-state index in [-0.39, 0.29) is 0 Å². The molecule has 1 aliphatic heterocycles. The van der Waals surface area contributed by atoms with E-state index in [0.29, 0.717) is 18.7 Å². The van der Waals surface area contributed by atoms with Gasteiger partial charge in [-0.25, -0.2) is 9.97 Å². The smallest absolute Gasteiger partial charge is 0.196 e. The molecule has 1 saturated heterocycles. The second-order valence-corrected chi connectivity index (χ2v) is 5.41. The molecule has 3 heterocycles.